The van der Waals surface area contributed by atoms with Gasteiger partial charge < -0.3 is 23.9 Å². The molecule has 0 saturated carbocycles. The van der Waals surface area contributed by atoms with Crippen LogP contribution in [-0.2, 0) is 21.0 Å². The van der Waals surface area contributed by atoms with Crippen molar-refractivity contribution in [1.29, 1.82) is 0 Å². The predicted molar refractivity (Wildman–Crippen MR) is 133 cm³/mol. The zero-order chi connectivity index (χ0) is 26.4. The maximum Gasteiger partial charge on any atom is 0.308 e. The molecule has 37 heavy (non-hydrogen) atoms. The van der Waals surface area contributed by atoms with E-state index < -0.39 is 11.9 Å². The smallest absolute Gasteiger partial charge is 0.308 e. The molecule has 1 saturated heterocycles. The van der Waals surface area contributed by atoms with Crippen LogP contribution in [0.1, 0.15) is 44.6 Å². The van der Waals surface area contributed by atoms with Crippen molar-refractivity contribution in [2.24, 2.45) is 5.92 Å². The number of carboxylic acids is 1. The number of methoxy groups -OCH3 is 1. The monoisotopic (exact) mass is 516 g/mol. The third kappa shape index (κ3) is 5.99. The number of ether oxygens (including phenoxy) is 3. The number of carbonyl (C=O) groups is 2. The van der Waals surface area contributed by atoms with E-state index in [4.69, 9.17) is 19.0 Å². The Morgan fingerprint density at radius 2 is 2.08 bits per heavy atom. The van der Waals surface area contributed by atoms with Crippen LogP contribution in [0, 0.1) is 5.92 Å². The number of aromatic nitrogens is 2. The van der Waals surface area contributed by atoms with Gasteiger partial charge >= 0.3 is 5.97 Å². The first kappa shape index (κ1) is 26.7. The summed E-state index contributed by atoms with van der Waals surface area (Å²) in [4.78, 5) is 37.8. The predicted octanol–water partition coefficient (Wildman–Crippen LogP) is 2.76. The summed E-state index contributed by atoms with van der Waals surface area (Å²) in [6, 6.07) is 3.28. The largest absolute Gasteiger partial charge is 0.493 e. The molecule has 2 aromatic rings. The molecule has 1 amide bonds. The highest BCUT2D eigenvalue weighted by molar-refractivity contribution is 5.78. The number of benzene rings is 1. The first-order valence-corrected chi connectivity index (χ1v) is 12.8. The molecule has 1 fully saturated rings. The summed E-state index contributed by atoms with van der Waals surface area (Å²) in [5, 5.41) is 11.8. The minimum atomic E-state index is -0.903. The molecule has 0 radical (unpaired) electrons. The summed E-state index contributed by atoms with van der Waals surface area (Å²) in [5.74, 6) is -0.639. The number of carbonyl (C=O) groups excluding carboxylic acids is 1. The number of amides is 1. The highest BCUT2D eigenvalue weighted by atomic mass is 16.7. The lowest BCUT2D eigenvalue weighted by atomic mass is 9.84. The molecular formula is C26H36N4O7. The molecule has 1 N–H and O–H groups in total. The number of carboxylic acid groups (broad SMARTS) is 1. The molecule has 0 spiro atoms. The number of imidazole rings is 1. The molecule has 3 heterocycles. The average molecular weight is 517 g/mol. The van der Waals surface area contributed by atoms with Crippen LogP contribution in [-0.4, -0.2) is 82.7 Å². The van der Waals surface area contributed by atoms with Crippen LogP contribution >= 0.6 is 0 Å². The molecule has 3 atom stereocenters. The first-order valence-electron chi connectivity index (χ1n) is 12.8. The highest BCUT2D eigenvalue weighted by Gasteiger charge is 2.47. The SMILES string of the molecule is CCCON(CCC)C(=O)CN1C[C@H](c2cc(OC)c3c(c2)OCO3)[C@@H](C(=O)O)[C@@H]1CCn1ccnc1. The van der Waals surface area contributed by atoms with Crippen molar-refractivity contribution in [2.45, 2.75) is 51.6 Å². The van der Waals surface area contributed by atoms with Gasteiger partial charge in [0.2, 0.25) is 12.5 Å². The van der Waals surface area contributed by atoms with Gasteiger partial charge in [0.05, 0.1) is 32.5 Å². The molecule has 0 unspecified atom stereocenters. The fourth-order valence-electron chi connectivity index (χ4n) is 5.17. The Kier molecular flexibility index (Phi) is 8.88. The van der Waals surface area contributed by atoms with E-state index in [0.717, 1.165) is 18.4 Å². The molecule has 4 rings (SSSR count). The molecule has 2 aliphatic heterocycles. The minimum absolute atomic E-state index is 0.0697. The van der Waals surface area contributed by atoms with Crippen LogP contribution in [0.4, 0.5) is 0 Å². The Hall–Kier alpha value is -3.31. The van der Waals surface area contributed by atoms with Gasteiger partial charge in [-0.15, -0.1) is 0 Å². The standard InChI is InChI=1S/C26H36N4O7/c1-4-8-30(37-11-5-2)23(31)15-29-14-19(18-12-21(34-3)25-22(13-18)35-17-36-25)24(26(32)33)20(29)6-9-28-10-7-27-16-28/h7,10,12-13,16,19-20,24H,4-6,8-9,11,14-15,17H2,1-3H3,(H,32,33)/t19-,20+,24-/m1/s1. The second kappa shape index (κ2) is 12.3. The summed E-state index contributed by atoms with van der Waals surface area (Å²) >= 11 is 0. The molecule has 1 aromatic carbocycles. The van der Waals surface area contributed by atoms with Crippen LogP contribution < -0.4 is 14.2 Å². The van der Waals surface area contributed by atoms with Gasteiger partial charge in [-0.3, -0.25) is 19.3 Å². The zero-order valence-electron chi connectivity index (χ0n) is 21.7. The Morgan fingerprint density at radius 1 is 1.24 bits per heavy atom. The van der Waals surface area contributed by atoms with Crippen molar-refractivity contribution in [3.8, 4) is 17.2 Å². The van der Waals surface area contributed by atoms with E-state index in [0.29, 0.717) is 49.9 Å². The number of aliphatic carboxylic acids is 1. The van der Waals surface area contributed by atoms with Crippen molar-refractivity contribution in [3.05, 3.63) is 36.4 Å². The van der Waals surface area contributed by atoms with Crippen LogP contribution in [0.5, 0.6) is 17.2 Å². The van der Waals surface area contributed by atoms with Gasteiger partial charge in [-0.2, -0.15) is 0 Å². The Labute approximate surface area is 216 Å². The van der Waals surface area contributed by atoms with E-state index in [-0.39, 0.29) is 31.2 Å². The van der Waals surface area contributed by atoms with Crippen molar-refractivity contribution in [2.75, 3.05) is 40.1 Å². The van der Waals surface area contributed by atoms with Gasteiger partial charge in [0.1, 0.15) is 0 Å². The lowest BCUT2D eigenvalue weighted by molar-refractivity contribution is -0.188. The molecule has 202 valence electrons. The van der Waals surface area contributed by atoms with Crippen molar-refractivity contribution in [1.82, 2.24) is 19.5 Å². The number of hydroxylamine groups is 2. The average Bonchev–Trinajstić information content (AvgIpc) is 3.64. The van der Waals surface area contributed by atoms with Gasteiger partial charge in [0, 0.05) is 44.0 Å². The van der Waals surface area contributed by atoms with Gasteiger partial charge in [-0.25, -0.2) is 10.0 Å². The second-order valence-electron chi connectivity index (χ2n) is 9.34. The van der Waals surface area contributed by atoms with Gasteiger partial charge in [-0.05, 0) is 37.0 Å². The maximum atomic E-state index is 13.3. The zero-order valence-corrected chi connectivity index (χ0v) is 21.7. The second-order valence-corrected chi connectivity index (χ2v) is 9.34. The number of nitrogens with zero attached hydrogens (tertiary/aromatic N) is 4. The number of hydrogen-bond acceptors (Lipinski definition) is 8. The van der Waals surface area contributed by atoms with Gasteiger partial charge in [0.25, 0.3) is 5.91 Å². The van der Waals surface area contributed by atoms with E-state index >= 15 is 0 Å². The lowest BCUT2D eigenvalue weighted by Gasteiger charge is -2.29. The lowest BCUT2D eigenvalue weighted by Crippen LogP contribution is -2.44. The molecular weight excluding hydrogens is 480 g/mol. The molecule has 11 nitrogen and oxygen atoms in total. The van der Waals surface area contributed by atoms with Crippen LogP contribution in [0.25, 0.3) is 0 Å². The Balaban J connectivity index is 1.63. The van der Waals surface area contributed by atoms with E-state index in [2.05, 4.69) is 4.98 Å². The van der Waals surface area contributed by atoms with Crippen molar-refractivity contribution < 1.29 is 33.7 Å². The Morgan fingerprint density at radius 3 is 2.76 bits per heavy atom. The molecule has 2 aliphatic rings. The molecule has 11 heteroatoms. The number of fused-ring (bicyclic) bond motifs is 1. The molecule has 0 aliphatic carbocycles. The fourth-order valence-corrected chi connectivity index (χ4v) is 5.17. The number of aryl methyl sites for hydroxylation is 1. The van der Waals surface area contributed by atoms with Gasteiger partial charge in [0.15, 0.2) is 11.5 Å². The maximum absolute atomic E-state index is 13.3. The quantitative estimate of drug-likeness (QED) is 0.401. The summed E-state index contributed by atoms with van der Waals surface area (Å²) in [6.07, 6.45) is 7.35. The summed E-state index contributed by atoms with van der Waals surface area (Å²) in [7, 11) is 1.54. The van der Waals surface area contributed by atoms with E-state index in [1.807, 2.05) is 41.6 Å². The van der Waals surface area contributed by atoms with Crippen molar-refractivity contribution >= 4 is 11.9 Å². The summed E-state index contributed by atoms with van der Waals surface area (Å²) < 4.78 is 18.5. The van der Waals surface area contributed by atoms with Crippen LogP contribution in [0.2, 0.25) is 0 Å². The number of likely N-dealkylation sites (tertiary alicyclic amines) is 1. The van der Waals surface area contributed by atoms with Gasteiger partial charge in [-0.1, -0.05) is 13.8 Å². The Bertz CT molecular complexity index is 1060. The van der Waals surface area contributed by atoms with E-state index in [1.165, 1.54) is 5.06 Å². The minimum Gasteiger partial charge on any atom is -0.493 e. The summed E-state index contributed by atoms with van der Waals surface area (Å²) in [6.45, 7) is 6.05. The van der Waals surface area contributed by atoms with Crippen molar-refractivity contribution in [3.63, 3.8) is 0 Å². The van der Waals surface area contributed by atoms with E-state index in [1.54, 1.807) is 19.6 Å². The number of hydrogen-bond donors (Lipinski definition) is 1. The van der Waals surface area contributed by atoms with E-state index in [9.17, 15) is 14.7 Å². The molecule has 0 bridgehead atoms. The van der Waals surface area contributed by atoms with Crippen LogP contribution in [0.15, 0.2) is 30.9 Å². The highest BCUT2D eigenvalue weighted by Crippen LogP contribution is 2.47. The summed E-state index contributed by atoms with van der Waals surface area (Å²) in [5.41, 5.74) is 0.781. The first-order chi connectivity index (χ1) is 18.0. The molecule has 1 aromatic heterocycles. The number of rotatable bonds is 13. The van der Waals surface area contributed by atoms with Crippen LogP contribution in [0.3, 0.4) is 0 Å². The topological polar surface area (TPSA) is 116 Å². The third-order valence-corrected chi connectivity index (χ3v) is 6.88. The normalized spacial score (nSPS) is 20.8. The third-order valence-electron chi connectivity index (χ3n) is 6.88. The fraction of sp³-hybridized carbons (Fsp3) is 0.577.